The molecule has 3 nitrogen and oxygen atoms in total. The minimum atomic E-state index is -0.859. The number of carbonyl (C=O) groups is 1. The van der Waals surface area contributed by atoms with Gasteiger partial charge in [0.15, 0.2) is 0 Å². The lowest BCUT2D eigenvalue weighted by atomic mass is 9.91. The molecule has 1 aliphatic heterocycles. The zero-order chi connectivity index (χ0) is 13.0. The van der Waals surface area contributed by atoms with Crippen LogP contribution in [0, 0.1) is 11.8 Å². The number of hydrogen-bond acceptors (Lipinski definition) is 2. The maximum atomic E-state index is 11.0. The van der Waals surface area contributed by atoms with Gasteiger partial charge in [-0.15, -0.1) is 6.58 Å². The Hall–Kier alpha value is -1.25. The number of rotatable bonds is 5. The van der Waals surface area contributed by atoms with E-state index in [0.29, 0.717) is 6.04 Å². The van der Waals surface area contributed by atoms with Gasteiger partial charge in [0.05, 0.1) is 0 Å². The fourth-order valence-electron chi connectivity index (χ4n) is 2.39. The van der Waals surface area contributed by atoms with Crippen LogP contribution in [0.4, 0.5) is 0 Å². The SMILES string of the molecule is C=C[C@@H](C)[C@@H](C)C(=CC(=O)O)N1CCC[C@@H]1C. The summed E-state index contributed by atoms with van der Waals surface area (Å²) >= 11 is 0. The second-order valence-electron chi connectivity index (χ2n) is 4.98. The van der Waals surface area contributed by atoms with Gasteiger partial charge < -0.3 is 10.0 Å². The van der Waals surface area contributed by atoms with Crippen molar-refractivity contribution in [2.45, 2.75) is 39.7 Å². The summed E-state index contributed by atoms with van der Waals surface area (Å²) in [5.41, 5.74) is 0.940. The fourth-order valence-corrected chi connectivity index (χ4v) is 2.39. The zero-order valence-corrected chi connectivity index (χ0v) is 11.0. The Morgan fingerprint density at radius 1 is 1.53 bits per heavy atom. The van der Waals surface area contributed by atoms with Crippen molar-refractivity contribution in [3.8, 4) is 0 Å². The molecule has 1 rings (SSSR count). The van der Waals surface area contributed by atoms with Crippen molar-refractivity contribution in [3.63, 3.8) is 0 Å². The van der Waals surface area contributed by atoms with E-state index in [2.05, 4.69) is 32.3 Å². The van der Waals surface area contributed by atoms with Crippen LogP contribution in [-0.2, 0) is 4.79 Å². The van der Waals surface area contributed by atoms with Crippen LogP contribution in [0.25, 0.3) is 0 Å². The molecular formula is C14H23NO2. The van der Waals surface area contributed by atoms with Crippen molar-refractivity contribution >= 4 is 5.97 Å². The fraction of sp³-hybridized carbons (Fsp3) is 0.643. The Balaban J connectivity index is 2.95. The lowest BCUT2D eigenvalue weighted by Gasteiger charge is -2.32. The number of carboxylic acids is 1. The van der Waals surface area contributed by atoms with Gasteiger partial charge in [-0.25, -0.2) is 4.79 Å². The first-order valence-electron chi connectivity index (χ1n) is 6.31. The molecule has 0 aromatic rings. The minimum absolute atomic E-state index is 0.198. The van der Waals surface area contributed by atoms with Gasteiger partial charge in [0.2, 0.25) is 0 Å². The largest absolute Gasteiger partial charge is 0.478 e. The van der Waals surface area contributed by atoms with Crippen LogP contribution in [0.2, 0.25) is 0 Å². The molecule has 0 aliphatic carbocycles. The van der Waals surface area contributed by atoms with Crippen molar-refractivity contribution in [1.29, 1.82) is 0 Å². The van der Waals surface area contributed by atoms with Crippen LogP contribution in [0.5, 0.6) is 0 Å². The minimum Gasteiger partial charge on any atom is -0.478 e. The van der Waals surface area contributed by atoms with E-state index in [-0.39, 0.29) is 11.8 Å². The van der Waals surface area contributed by atoms with Crippen molar-refractivity contribution in [3.05, 3.63) is 24.4 Å². The molecule has 0 aromatic carbocycles. The number of hydrogen-bond donors (Lipinski definition) is 1. The maximum absolute atomic E-state index is 11.0. The molecule has 1 fully saturated rings. The number of allylic oxidation sites excluding steroid dienone is 2. The quantitative estimate of drug-likeness (QED) is 0.590. The summed E-state index contributed by atoms with van der Waals surface area (Å²) in [7, 11) is 0. The second-order valence-corrected chi connectivity index (χ2v) is 4.98. The molecule has 1 N–H and O–H groups in total. The predicted octanol–water partition coefficient (Wildman–Crippen LogP) is 2.90. The molecule has 0 spiro atoms. The third-order valence-corrected chi connectivity index (χ3v) is 3.78. The highest BCUT2D eigenvalue weighted by Gasteiger charge is 2.27. The molecule has 0 amide bonds. The van der Waals surface area contributed by atoms with E-state index in [9.17, 15) is 4.79 Å². The van der Waals surface area contributed by atoms with Crippen LogP contribution < -0.4 is 0 Å². The van der Waals surface area contributed by atoms with E-state index in [4.69, 9.17) is 5.11 Å². The van der Waals surface area contributed by atoms with Gasteiger partial charge in [0.25, 0.3) is 0 Å². The normalized spacial score (nSPS) is 24.5. The van der Waals surface area contributed by atoms with E-state index in [1.54, 1.807) is 0 Å². The Morgan fingerprint density at radius 3 is 2.59 bits per heavy atom. The van der Waals surface area contributed by atoms with Gasteiger partial charge in [-0.3, -0.25) is 0 Å². The summed E-state index contributed by atoms with van der Waals surface area (Å²) < 4.78 is 0. The standard InChI is InChI=1S/C14H23NO2/c1-5-10(2)12(4)13(9-14(16)17)15-8-6-7-11(15)3/h5,9-12H,1,6-8H2,2-4H3,(H,16,17)/t10-,11+,12-/m1/s1. The van der Waals surface area contributed by atoms with Crippen LogP contribution in [-0.4, -0.2) is 28.6 Å². The zero-order valence-electron chi connectivity index (χ0n) is 11.0. The molecule has 1 aliphatic rings. The van der Waals surface area contributed by atoms with Crippen molar-refractivity contribution in [1.82, 2.24) is 4.90 Å². The maximum Gasteiger partial charge on any atom is 0.330 e. The van der Waals surface area contributed by atoms with Crippen LogP contribution in [0.15, 0.2) is 24.4 Å². The van der Waals surface area contributed by atoms with Crippen molar-refractivity contribution < 1.29 is 9.90 Å². The van der Waals surface area contributed by atoms with Gasteiger partial charge in [-0.2, -0.15) is 0 Å². The average molecular weight is 237 g/mol. The van der Waals surface area contributed by atoms with Gasteiger partial charge in [-0.1, -0.05) is 19.9 Å². The number of carboxylic acid groups (broad SMARTS) is 1. The highest BCUT2D eigenvalue weighted by molar-refractivity contribution is 5.80. The lowest BCUT2D eigenvalue weighted by Crippen LogP contribution is -2.31. The van der Waals surface area contributed by atoms with Gasteiger partial charge >= 0.3 is 5.97 Å². The van der Waals surface area contributed by atoms with Crippen LogP contribution in [0.1, 0.15) is 33.6 Å². The number of likely N-dealkylation sites (tertiary alicyclic amines) is 1. The van der Waals surface area contributed by atoms with Crippen LogP contribution >= 0.6 is 0 Å². The average Bonchev–Trinajstić information content (AvgIpc) is 2.70. The smallest absolute Gasteiger partial charge is 0.330 e. The first-order chi connectivity index (χ1) is 7.97. The predicted molar refractivity (Wildman–Crippen MR) is 69.6 cm³/mol. The Kier molecular flexibility index (Phi) is 4.79. The molecule has 1 saturated heterocycles. The highest BCUT2D eigenvalue weighted by Crippen LogP contribution is 2.30. The summed E-state index contributed by atoms with van der Waals surface area (Å²) in [6.07, 6.45) is 5.55. The monoisotopic (exact) mass is 237 g/mol. The topological polar surface area (TPSA) is 40.5 Å². The van der Waals surface area contributed by atoms with E-state index in [1.807, 2.05) is 6.08 Å². The van der Waals surface area contributed by atoms with E-state index in [0.717, 1.165) is 25.1 Å². The molecule has 17 heavy (non-hydrogen) atoms. The Labute approximate surface area is 104 Å². The third kappa shape index (κ3) is 3.35. The van der Waals surface area contributed by atoms with Crippen LogP contribution in [0.3, 0.4) is 0 Å². The second kappa shape index (κ2) is 5.89. The number of nitrogens with zero attached hydrogens (tertiary/aromatic N) is 1. The summed E-state index contributed by atoms with van der Waals surface area (Å²) in [4.78, 5) is 13.2. The third-order valence-electron chi connectivity index (χ3n) is 3.78. The molecule has 0 saturated carbocycles. The molecule has 96 valence electrons. The molecule has 0 unspecified atom stereocenters. The summed E-state index contributed by atoms with van der Waals surface area (Å²) in [5, 5.41) is 9.00. The van der Waals surface area contributed by atoms with E-state index in [1.165, 1.54) is 6.08 Å². The summed E-state index contributed by atoms with van der Waals surface area (Å²) in [5.74, 6) is -0.375. The molecule has 3 atom stereocenters. The molecule has 1 heterocycles. The summed E-state index contributed by atoms with van der Waals surface area (Å²) in [6, 6.07) is 0.445. The van der Waals surface area contributed by atoms with E-state index >= 15 is 0 Å². The molecule has 3 heteroatoms. The van der Waals surface area contributed by atoms with Crippen molar-refractivity contribution in [2.75, 3.05) is 6.54 Å². The van der Waals surface area contributed by atoms with Gasteiger partial charge in [0.1, 0.15) is 0 Å². The molecule has 0 aromatic heterocycles. The van der Waals surface area contributed by atoms with E-state index < -0.39 is 5.97 Å². The Bertz CT molecular complexity index is 322. The molecule has 0 bridgehead atoms. The highest BCUT2D eigenvalue weighted by atomic mass is 16.4. The molecular weight excluding hydrogens is 214 g/mol. The first kappa shape index (κ1) is 13.8. The van der Waals surface area contributed by atoms with Gasteiger partial charge in [-0.05, 0) is 25.7 Å². The first-order valence-corrected chi connectivity index (χ1v) is 6.31. The Morgan fingerprint density at radius 2 is 2.18 bits per heavy atom. The molecule has 0 radical (unpaired) electrons. The van der Waals surface area contributed by atoms with Crippen molar-refractivity contribution in [2.24, 2.45) is 11.8 Å². The number of aliphatic carboxylic acids is 1. The summed E-state index contributed by atoms with van der Waals surface area (Å²) in [6.45, 7) is 11.1. The van der Waals surface area contributed by atoms with Gasteiger partial charge in [0, 0.05) is 30.3 Å². The lowest BCUT2D eigenvalue weighted by molar-refractivity contribution is -0.131.